The van der Waals surface area contributed by atoms with E-state index in [1.54, 1.807) is 6.26 Å². The molecule has 0 fully saturated rings. The summed E-state index contributed by atoms with van der Waals surface area (Å²) < 4.78 is 5.42. The molecule has 0 aliphatic carbocycles. The molecule has 0 aliphatic rings. The third kappa shape index (κ3) is 1.60. The van der Waals surface area contributed by atoms with Crippen LogP contribution in [0.5, 0.6) is 0 Å². The highest BCUT2D eigenvalue weighted by molar-refractivity contribution is 5.82. The lowest BCUT2D eigenvalue weighted by atomic mass is 10.0. The molecule has 0 saturated carbocycles. The normalized spacial score (nSPS) is 12.6. The summed E-state index contributed by atoms with van der Waals surface area (Å²) in [5.74, 6) is 0. The van der Waals surface area contributed by atoms with E-state index in [4.69, 9.17) is 9.68 Å². The Hall–Kier alpha value is -1.79. The number of hydrogen-bond acceptors (Lipinski definition) is 3. The summed E-state index contributed by atoms with van der Waals surface area (Å²) in [7, 11) is 1.89. The Morgan fingerprint density at radius 2 is 2.27 bits per heavy atom. The summed E-state index contributed by atoms with van der Waals surface area (Å²) in [5, 5.41) is 13.0. The van der Waals surface area contributed by atoms with Gasteiger partial charge in [-0.1, -0.05) is 0 Å². The first-order valence-electron chi connectivity index (χ1n) is 4.84. The Labute approximate surface area is 88.3 Å². The topological polar surface area (TPSA) is 49.0 Å². The third-order valence-corrected chi connectivity index (χ3v) is 2.61. The van der Waals surface area contributed by atoms with Gasteiger partial charge in [-0.15, -0.1) is 0 Å². The molecular formula is C12H12N2O. The summed E-state index contributed by atoms with van der Waals surface area (Å²) in [6, 6.07) is 7.92. The van der Waals surface area contributed by atoms with E-state index in [9.17, 15) is 0 Å². The van der Waals surface area contributed by atoms with Crippen molar-refractivity contribution in [3.63, 3.8) is 0 Å². The van der Waals surface area contributed by atoms with Crippen molar-refractivity contribution in [3.8, 4) is 6.07 Å². The largest absolute Gasteiger partial charge is 0.464 e. The molecular weight excluding hydrogens is 188 g/mol. The van der Waals surface area contributed by atoms with Crippen LogP contribution in [0.25, 0.3) is 11.0 Å². The molecule has 1 heterocycles. The summed E-state index contributed by atoms with van der Waals surface area (Å²) in [4.78, 5) is 0. The Kier molecular flexibility index (Phi) is 2.44. The van der Waals surface area contributed by atoms with Crippen molar-refractivity contribution in [1.82, 2.24) is 5.32 Å². The van der Waals surface area contributed by atoms with Crippen molar-refractivity contribution in [3.05, 3.63) is 35.6 Å². The van der Waals surface area contributed by atoms with Gasteiger partial charge in [0.05, 0.1) is 17.9 Å². The minimum Gasteiger partial charge on any atom is -0.464 e. The van der Waals surface area contributed by atoms with Crippen molar-refractivity contribution in [2.45, 2.75) is 13.0 Å². The second-order valence-electron chi connectivity index (χ2n) is 3.53. The maximum atomic E-state index is 8.91. The predicted molar refractivity (Wildman–Crippen MR) is 58.4 cm³/mol. The Balaban J connectivity index is 2.69. The average Bonchev–Trinajstić information content (AvgIpc) is 2.74. The standard InChI is InChI=1S/C12H12N2O/c1-8(14-2)11-6-9(7-13)5-10-3-4-15-12(10)11/h3-6,8,14H,1-2H3. The lowest BCUT2D eigenvalue weighted by Gasteiger charge is -2.11. The van der Waals surface area contributed by atoms with Gasteiger partial charge in [-0.25, -0.2) is 0 Å². The average molecular weight is 200 g/mol. The van der Waals surface area contributed by atoms with E-state index in [0.29, 0.717) is 5.56 Å². The van der Waals surface area contributed by atoms with E-state index < -0.39 is 0 Å². The van der Waals surface area contributed by atoms with Crippen LogP contribution in [-0.2, 0) is 0 Å². The van der Waals surface area contributed by atoms with Crippen LogP contribution in [0.15, 0.2) is 28.9 Å². The maximum Gasteiger partial charge on any atom is 0.138 e. The number of nitriles is 1. The van der Waals surface area contributed by atoms with Crippen molar-refractivity contribution < 1.29 is 4.42 Å². The van der Waals surface area contributed by atoms with E-state index in [1.807, 2.05) is 32.2 Å². The van der Waals surface area contributed by atoms with Gasteiger partial charge in [-0.2, -0.15) is 5.26 Å². The third-order valence-electron chi connectivity index (χ3n) is 2.61. The SMILES string of the molecule is CNC(C)c1cc(C#N)cc2ccoc12. The van der Waals surface area contributed by atoms with E-state index in [1.165, 1.54) is 0 Å². The van der Waals surface area contributed by atoms with Gasteiger partial charge in [0, 0.05) is 17.0 Å². The Bertz CT molecular complexity index is 522. The zero-order valence-electron chi connectivity index (χ0n) is 8.74. The van der Waals surface area contributed by atoms with Crippen LogP contribution in [-0.4, -0.2) is 7.05 Å². The summed E-state index contributed by atoms with van der Waals surface area (Å²) >= 11 is 0. The van der Waals surface area contributed by atoms with E-state index in [2.05, 4.69) is 11.4 Å². The van der Waals surface area contributed by atoms with Crippen molar-refractivity contribution in [1.29, 1.82) is 5.26 Å². The highest BCUT2D eigenvalue weighted by Crippen LogP contribution is 2.26. The molecule has 1 N–H and O–H groups in total. The van der Waals surface area contributed by atoms with E-state index in [-0.39, 0.29) is 6.04 Å². The number of rotatable bonds is 2. The number of nitrogens with zero attached hydrogens (tertiary/aromatic N) is 1. The van der Waals surface area contributed by atoms with Crippen LogP contribution in [0.1, 0.15) is 24.1 Å². The van der Waals surface area contributed by atoms with Crippen LogP contribution in [0, 0.1) is 11.3 Å². The molecule has 1 atom stereocenters. The summed E-state index contributed by atoms with van der Waals surface area (Å²) in [6.45, 7) is 2.04. The molecule has 76 valence electrons. The monoisotopic (exact) mass is 200 g/mol. The summed E-state index contributed by atoms with van der Waals surface area (Å²) in [6.07, 6.45) is 1.65. The first kappa shape index (κ1) is 9.75. The molecule has 0 radical (unpaired) electrons. The number of hydrogen-bond donors (Lipinski definition) is 1. The lowest BCUT2D eigenvalue weighted by molar-refractivity contribution is 0.589. The smallest absolute Gasteiger partial charge is 0.138 e. The molecule has 15 heavy (non-hydrogen) atoms. The number of benzene rings is 1. The first-order chi connectivity index (χ1) is 7.26. The molecule has 3 nitrogen and oxygen atoms in total. The van der Waals surface area contributed by atoms with Gasteiger partial charge in [0.15, 0.2) is 0 Å². The second-order valence-corrected chi connectivity index (χ2v) is 3.53. The second kappa shape index (κ2) is 3.76. The molecule has 1 aromatic heterocycles. The van der Waals surface area contributed by atoms with Gasteiger partial charge in [0.25, 0.3) is 0 Å². The number of furan rings is 1. The maximum absolute atomic E-state index is 8.91. The molecule has 0 saturated heterocycles. The van der Waals surface area contributed by atoms with Crippen molar-refractivity contribution in [2.75, 3.05) is 7.05 Å². The highest BCUT2D eigenvalue weighted by atomic mass is 16.3. The molecule has 1 aromatic carbocycles. The molecule has 1 unspecified atom stereocenters. The molecule has 0 spiro atoms. The van der Waals surface area contributed by atoms with E-state index >= 15 is 0 Å². The number of fused-ring (bicyclic) bond motifs is 1. The fourth-order valence-electron chi connectivity index (χ4n) is 1.65. The highest BCUT2D eigenvalue weighted by Gasteiger charge is 2.11. The van der Waals surface area contributed by atoms with Crippen LogP contribution in [0.2, 0.25) is 0 Å². The van der Waals surface area contributed by atoms with Crippen molar-refractivity contribution >= 4 is 11.0 Å². The van der Waals surface area contributed by atoms with Gasteiger partial charge in [-0.05, 0) is 32.2 Å². The van der Waals surface area contributed by atoms with Gasteiger partial charge in [0.2, 0.25) is 0 Å². The van der Waals surface area contributed by atoms with Gasteiger partial charge < -0.3 is 9.73 Å². The van der Waals surface area contributed by atoms with Gasteiger partial charge >= 0.3 is 0 Å². The van der Waals surface area contributed by atoms with Crippen LogP contribution >= 0.6 is 0 Å². The minimum atomic E-state index is 0.173. The van der Waals surface area contributed by atoms with Crippen LogP contribution in [0.4, 0.5) is 0 Å². The molecule has 2 rings (SSSR count). The van der Waals surface area contributed by atoms with Gasteiger partial charge in [-0.3, -0.25) is 0 Å². The first-order valence-corrected chi connectivity index (χ1v) is 4.84. The minimum absolute atomic E-state index is 0.173. The molecule has 2 aromatic rings. The lowest BCUT2D eigenvalue weighted by Crippen LogP contribution is -2.12. The van der Waals surface area contributed by atoms with Gasteiger partial charge in [0.1, 0.15) is 5.58 Å². The summed E-state index contributed by atoms with van der Waals surface area (Å²) in [5.41, 5.74) is 2.55. The van der Waals surface area contributed by atoms with E-state index in [0.717, 1.165) is 16.5 Å². The number of nitrogens with one attached hydrogen (secondary N) is 1. The fourth-order valence-corrected chi connectivity index (χ4v) is 1.65. The fraction of sp³-hybridized carbons (Fsp3) is 0.250. The Morgan fingerprint density at radius 1 is 1.47 bits per heavy atom. The molecule has 3 heteroatoms. The van der Waals surface area contributed by atoms with Crippen LogP contribution < -0.4 is 5.32 Å². The van der Waals surface area contributed by atoms with Crippen LogP contribution in [0.3, 0.4) is 0 Å². The predicted octanol–water partition coefficient (Wildman–Crippen LogP) is 2.58. The Morgan fingerprint density at radius 3 is 2.93 bits per heavy atom. The quantitative estimate of drug-likeness (QED) is 0.810. The zero-order chi connectivity index (χ0) is 10.8. The van der Waals surface area contributed by atoms with Crippen molar-refractivity contribution in [2.24, 2.45) is 0 Å². The molecule has 0 amide bonds. The zero-order valence-corrected chi connectivity index (χ0v) is 8.74. The molecule has 0 bridgehead atoms. The molecule has 0 aliphatic heterocycles.